The van der Waals surface area contributed by atoms with Crippen LogP contribution in [-0.2, 0) is 19.1 Å². The van der Waals surface area contributed by atoms with E-state index in [0.29, 0.717) is 25.4 Å². The summed E-state index contributed by atoms with van der Waals surface area (Å²) in [6.45, 7) is 2.80. The quantitative estimate of drug-likeness (QED) is 0.635. The highest BCUT2D eigenvalue weighted by molar-refractivity contribution is 5.79. The molecule has 110 valence electrons. The average molecular weight is 270 g/mol. The van der Waals surface area contributed by atoms with Gasteiger partial charge in [-0.1, -0.05) is 39.0 Å². The molecule has 19 heavy (non-hydrogen) atoms. The Morgan fingerprint density at radius 1 is 1.00 bits per heavy atom. The maximum atomic E-state index is 11.5. The van der Waals surface area contributed by atoms with Crippen LogP contribution in [0.1, 0.15) is 58.3 Å². The minimum absolute atomic E-state index is 0.145. The van der Waals surface area contributed by atoms with Crippen LogP contribution in [0.25, 0.3) is 0 Å². The smallest absolute Gasteiger partial charge is 0.306 e. The van der Waals surface area contributed by atoms with Crippen molar-refractivity contribution in [1.82, 2.24) is 0 Å². The summed E-state index contributed by atoms with van der Waals surface area (Å²) in [4.78, 5) is 23.0. The van der Waals surface area contributed by atoms with Gasteiger partial charge in [0.05, 0.1) is 6.61 Å². The Bertz CT molecular complexity index is 275. The molecule has 1 aliphatic heterocycles. The fraction of sp³-hybridized carbons (Fsp3) is 0.867. The zero-order valence-corrected chi connectivity index (χ0v) is 12.0. The zero-order chi connectivity index (χ0) is 13.9. The normalized spacial score (nSPS) is 25.8. The summed E-state index contributed by atoms with van der Waals surface area (Å²) in [6.07, 6.45) is 7.76. The van der Waals surface area contributed by atoms with Gasteiger partial charge in [-0.25, -0.2) is 0 Å². The van der Waals surface area contributed by atoms with E-state index in [1.54, 1.807) is 0 Å². The van der Waals surface area contributed by atoms with Gasteiger partial charge in [0, 0.05) is 12.8 Å². The first-order valence-electron chi connectivity index (χ1n) is 7.43. The fourth-order valence-electron chi connectivity index (χ4n) is 2.26. The highest BCUT2D eigenvalue weighted by Crippen LogP contribution is 2.15. The van der Waals surface area contributed by atoms with E-state index in [1.165, 1.54) is 12.8 Å². The third-order valence-corrected chi connectivity index (χ3v) is 3.42. The van der Waals surface area contributed by atoms with Crippen LogP contribution >= 0.6 is 0 Å². The number of carbonyl (C=O) groups is 2. The van der Waals surface area contributed by atoms with E-state index < -0.39 is 0 Å². The molecule has 0 saturated carbocycles. The van der Waals surface area contributed by atoms with Crippen molar-refractivity contribution in [1.29, 1.82) is 0 Å². The number of carbonyl (C=O) groups excluding carboxylic acids is 2. The molecular weight excluding hydrogens is 244 g/mol. The van der Waals surface area contributed by atoms with Gasteiger partial charge in [-0.05, 0) is 12.3 Å². The standard InChI is InChI=1S/C15H26O4/c1-13-7-5-3-2-4-6-8-14(16)12-18-9-10-19-15(17)11-13/h13H,2-12H2,1H3. The third-order valence-electron chi connectivity index (χ3n) is 3.42. The average Bonchev–Trinajstić information content (AvgIpc) is 2.36. The largest absolute Gasteiger partial charge is 0.463 e. The van der Waals surface area contributed by atoms with Crippen LogP contribution in [0.5, 0.6) is 0 Å². The summed E-state index contributed by atoms with van der Waals surface area (Å²) in [6, 6.07) is 0. The Hall–Kier alpha value is -0.900. The second kappa shape index (κ2) is 9.96. The summed E-state index contributed by atoms with van der Waals surface area (Å²) in [7, 11) is 0. The SMILES string of the molecule is CC1CCCCCCCC(=O)COCCOC(=O)C1. The monoisotopic (exact) mass is 270 g/mol. The lowest BCUT2D eigenvalue weighted by Gasteiger charge is -2.12. The van der Waals surface area contributed by atoms with Gasteiger partial charge in [-0.2, -0.15) is 0 Å². The van der Waals surface area contributed by atoms with E-state index in [4.69, 9.17) is 9.47 Å². The molecule has 0 bridgehead atoms. The third kappa shape index (κ3) is 8.76. The van der Waals surface area contributed by atoms with Gasteiger partial charge < -0.3 is 9.47 Å². The second-order valence-electron chi connectivity index (χ2n) is 5.43. The molecule has 4 nitrogen and oxygen atoms in total. The van der Waals surface area contributed by atoms with E-state index in [1.807, 2.05) is 0 Å². The zero-order valence-electron chi connectivity index (χ0n) is 12.0. The molecule has 0 N–H and O–H groups in total. The van der Waals surface area contributed by atoms with E-state index >= 15 is 0 Å². The van der Waals surface area contributed by atoms with Crippen LogP contribution in [-0.4, -0.2) is 31.6 Å². The lowest BCUT2D eigenvalue weighted by Crippen LogP contribution is -2.16. The van der Waals surface area contributed by atoms with E-state index in [-0.39, 0.29) is 25.0 Å². The first-order valence-corrected chi connectivity index (χ1v) is 7.43. The van der Waals surface area contributed by atoms with E-state index in [2.05, 4.69) is 6.92 Å². The van der Waals surface area contributed by atoms with Crippen LogP contribution in [0.15, 0.2) is 0 Å². The molecule has 0 radical (unpaired) electrons. The lowest BCUT2D eigenvalue weighted by atomic mass is 9.99. The van der Waals surface area contributed by atoms with E-state index in [9.17, 15) is 9.59 Å². The predicted octanol–water partition coefficient (Wildman–Crippen LogP) is 2.89. The first kappa shape index (κ1) is 16.2. The predicted molar refractivity (Wildman–Crippen MR) is 72.9 cm³/mol. The number of cyclic esters (lactones) is 1. The topological polar surface area (TPSA) is 52.6 Å². The molecule has 1 rings (SSSR count). The summed E-state index contributed by atoms with van der Waals surface area (Å²) < 4.78 is 10.3. The van der Waals surface area contributed by atoms with Crippen molar-refractivity contribution in [2.75, 3.05) is 19.8 Å². The maximum Gasteiger partial charge on any atom is 0.306 e. The molecule has 1 unspecified atom stereocenters. The molecule has 1 atom stereocenters. The van der Waals surface area contributed by atoms with E-state index in [0.717, 1.165) is 25.7 Å². The van der Waals surface area contributed by atoms with Gasteiger partial charge in [0.2, 0.25) is 0 Å². The number of ether oxygens (including phenoxy) is 2. The Kier molecular flexibility index (Phi) is 8.47. The van der Waals surface area contributed by atoms with Crippen molar-refractivity contribution >= 4 is 11.8 Å². The van der Waals surface area contributed by atoms with Gasteiger partial charge in [0.15, 0.2) is 5.78 Å². The van der Waals surface area contributed by atoms with Crippen LogP contribution in [0.3, 0.4) is 0 Å². The molecule has 0 aromatic rings. The molecular formula is C15H26O4. The number of rotatable bonds is 0. The number of Topliss-reactive ketones (excluding diaryl/α,β-unsaturated/α-hetero) is 1. The van der Waals surface area contributed by atoms with Crippen LogP contribution in [0, 0.1) is 5.92 Å². The van der Waals surface area contributed by atoms with Crippen LogP contribution in [0.4, 0.5) is 0 Å². The molecule has 1 fully saturated rings. The Labute approximate surface area is 115 Å². The Morgan fingerprint density at radius 3 is 2.58 bits per heavy atom. The van der Waals surface area contributed by atoms with Crippen molar-refractivity contribution in [2.24, 2.45) is 5.92 Å². The van der Waals surface area contributed by atoms with Gasteiger partial charge in [0.1, 0.15) is 13.2 Å². The molecule has 4 heteroatoms. The van der Waals surface area contributed by atoms with Gasteiger partial charge in [-0.15, -0.1) is 0 Å². The summed E-state index contributed by atoms with van der Waals surface area (Å²) in [5, 5.41) is 0. The Balaban J connectivity index is 2.30. The highest BCUT2D eigenvalue weighted by Gasteiger charge is 2.11. The fourth-order valence-corrected chi connectivity index (χ4v) is 2.26. The number of hydrogen-bond acceptors (Lipinski definition) is 4. The second-order valence-corrected chi connectivity index (χ2v) is 5.43. The highest BCUT2D eigenvalue weighted by atomic mass is 16.6. The minimum atomic E-state index is -0.158. The summed E-state index contributed by atoms with van der Waals surface area (Å²) in [5.74, 6) is 0.379. The molecule has 1 heterocycles. The van der Waals surface area contributed by atoms with Crippen LogP contribution < -0.4 is 0 Å². The van der Waals surface area contributed by atoms with Gasteiger partial charge >= 0.3 is 5.97 Å². The molecule has 1 saturated heterocycles. The van der Waals surface area contributed by atoms with Crippen molar-refractivity contribution in [3.63, 3.8) is 0 Å². The van der Waals surface area contributed by atoms with Crippen LogP contribution in [0.2, 0.25) is 0 Å². The number of esters is 1. The van der Waals surface area contributed by atoms with Gasteiger partial charge in [-0.3, -0.25) is 9.59 Å². The Morgan fingerprint density at radius 2 is 1.74 bits per heavy atom. The maximum absolute atomic E-state index is 11.5. The van der Waals surface area contributed by atoms with Gasteiger partial charge in [0.25, 0.3) is 0 Å². The van der Waals surface area contributed by atoms with Crippen molar-refractivity contribution in [3.8, 4) is 0 Å². The molecule has 0 aliphatic carbocycles. The van der Waals surface area contributed by atoms with Crippen molar-refractivity contribution in [3.05, 3.63) is 0 Å². The molecule has 0 aromatic carbocycles. The molecule has 0 aromatic heterocycles. The molecule has 0 spiro atoms. The summed E-state index contributed by atoms with van der Waals surface area (Å²) >= 11 is 0. The summed E-state index contributed by atoms with van der Waals surface area (Å²) in [5.41, 5.74) is 0. The van der Waals surface area contributed by atoms with Crippen molar-refractivity contribution in [2.45, 2.75) is 58.3 Å². The minimum Gasteiger partial charge on any atom is -0.463 e. The molecule has 1 aliphatic rings. The molecule has 0 amide bonds. The lowest BCUT2D eigenvalue weighted by molar-refractivity contribution is -0.146. The number of ketones is 1. The van der Waals surface area contributed by atoms with Crippen molar-refractivity contribution < 1.29 is 19.1 Å². The first-order chi connectivity index (χ1) is 9.18. The number of hydrogen-bond donors (Lipinski definition) is 0.